The SMILES string of the molecule is Cc1nccn1CCNC(C)CCN(C)C. The summed E-state index contributed by atoms with van der Waals surface area (Å²) in [6.45, 7) is 7.42. The maximum atomic E-state index is 4.20. The molecule has 1 N–H and O–H groups in total. The number of hydrogen-bond acceptors (Lipinski definition) is 3. The van der Waals surface area contributed by atoms with E-state index >= 15 is 0 Å². The molecule has 1 rings (SSSR count). The molecule has 1 unspecified atom stereocenters. The van der Waals surface area contributed by atoms with E-state index in [0.717, 1.165) is 25.5 Å². The Bertz CT molecular complexity index is 293. The van der Waals surface area contributed by atoms with E-state index in [1.807, 2.05) is 19.3 Å². The van der Waals surface area contributed by atoms with Crippen molar-refractivity contribution in [3.8, 4) is 0 Å². The normalized spacial score (nSPS) is 13.3. The molecular weight excluding hydrogens is 200 g/mol. The van der Waals surface area contributed by atoms with Crippen LogP contribution >= 0.6 is 0 Å². The van der Waals surface area contributed by atoms with Crippen molar-refractivity contribution in [2.75, 3.05) is 27.2 Å². The van der Waals surface area contributed by atoms with Crippen molar-refractivity contribution in [2.45, 2.75) is 32.9 Å². The number of aromatic nitrogens is 2. The van der Waals surface area contributed by atoms with Gasteiger partial charge in [-0.15, -0.1) is 0 Å². The first kappa shape index (κ1) is 13.2. The van der Waals surface area contributed by atoms with Crippen LogP contribution in [0.4, 0.5) is 0 Å². The first-order chi connectivity index (χ1) is 7.59. The molecule has 0 fully saturated rings. The van der Waals surface area contributed by atoms with Crippen LogP contribution in [0.1, 0.15) is 19.2 Å². The van der Waals surface area contributed by atoms with E-state index < -0.39 is 0 Å². The molecule has 0 aliphatic carbocycles. The molecule has 0 radical (unpaired) electrons. The average molecular weight is 224 g/mol. The van der Waals surface area contributed by atoms with Crippen molar-refractivity contribution in [3.63, 3.8) is 0 Å². The van der Waals surface area contributed by atoms with Gasteiger partial charge in [-0.1, -0.05) is 0 Å². The zero-order valence-electron chi connectivity index (χ0n) is 10.9. The highest BCUT2D eigenvalue weighted by molar-refractivity contribution is 4.88. The fourth-order valence-electron chi connectivity index (χ4n) is 1.63. The second kappa shape index (κ2) is 6.66. The van der Waals surface area contributed by atoms with Gasteiger partial charge in [0.25, 0.3) is 0 Å². The summed E-state index contributed by atoms with van der Waals surface area (Å²) in [5.41, 5.74) is 0. The molecule has 0 aromatic carbocycles. The second-order valence-corrected chi connectivity index (χ2v) is 4.61. The van der Waals surface area contributed by atoms with Crippen LogP contribution in [0.5, 0.6) is 0 Å². The lowest BCUT2D eigenvalue weighted by atomic mass is 10.2. The van der Waals surface area contributed by atoms with Crippen LogP contribution in [0.25, 0.3) is 0 Å². The van der Waals surface area contributed by atoms with E-state index in [4.69, 9.17) is 0 Å². The fourth-order valence-corrected chi connectivity index (χ4v) is 1.63. The number of nitrogens with one attached hydrogen (secondary N) is 1. The summed E-state index contributed by atoms with van der Waals surface area (Å²) in [6.07, 6.45) is 5.07. The van der Waals surface area contributed by atoms with Crippen molar-refractivity contribution < 1.29 is 0 Å². The minimum absolute atomic E-state index is 0.575. The van der Waals surface area contributed by atoms with Crippen molar-refractivity contribution in [1.29, 1.82) is 0 Å². The van der Waals surface area contributed by atoms with Gasteiger partial charge >= 0.3 is 0 Å². The summed E-state index contributed by atoms with van der Waals surface area (Å²) in [5.74, 6) is 1.09. The third kappa shape index (κ3) is 4.77. The van der Waals surface area contributed by atoms with Crippen LogP contribution in [-0.4, -0.2) is 47.7 Å². The molecule has 1 atom stereocenters. The highest BCUT2D eigenvalue weighted by Crippen LogP contribution is 1.95. The van der Waals surface area contributed by atoms with Crippen molar-refractivity contribution in [2.24, 2.45) is 0 Å². The molecule has 0 bridgehead atoms. The summed E-state index contributed by atoms with van der Waals surface area (Å²) < 4.78 is 2.17. The van der Waals surface area contributed by atoms with Crippen LogP contribution < -0.4 is 5.32 Å². The molecule has 0 amide bonds. The molecule has 16 heavy (non-hydrogen) atoms. The molecule has 1 aromatic rings. The Morgan fingerprint density at radius 2 is 2.25 bits per heavy atom. The molecule has 92 valence electrons. The standard InChI is InChI=1S/C12H24N4/c1-11(5-8-15(3)4)13-6-9-16-10-7-14-12(16)2/h7,10-11,13H,5-6,8-9H2,1-4H3. The van der Waals surface area contributed by atoms with E-state index in [0.29, 0.717) is 6.04 Å². The highest BCUT2D eigenvalue weighted by Gasteiger charge is 2.02. The molecule has 1 heterocycles. The summed E-state index contributed by atoms with van der Waals surface area (Å²) in [5, 5.41) is 3.53. The van der Waals surface area contributed by atoms with Gasteiger partial charge in [0.2, 0.25) is 0 Å². The maximum absolute atomic E-state index is 4.20. The Morgan fingerprint density at radius 3 is 2.81 bits per heavy atom. The minimum Gasteiger partial charge on any atom is -0.334 e. The average Bonchev–Trinajstić information content (AvgIpc) is 2.61. The third-order valence-corrected chi connectivity index (χ3v) is 2.78. The Morgan fingerprint density at radius 1 is 1.50 bits per heavy atom. The number of aryl methyl sites for hydroxylation is 1. The van der Waals surface area contributed by atoms with Gasteiger partial charge in [-0.2, -0.15) is 0 Å². The predicted octanol–water partition coefficient (Wildman–Crippen LogP) is 1.12. The summed E-state index contributed by atoms with van der Waals surface area (Å²) in [7, 11) is 4.23. The first-order valence-corrected chi connectivity index (χ1v) is 5.95. The van der Waals surface area contributed by atoms with Crippen LogP contribution in [-0.2, 0) is 6.54 Å². The van der Waals surface area contributed by atoms with E-state index in [1.165, 1.54) is 6.42 Å². The summed E-state index contributed by atoms with van der Waals surface area (Å²) in [4.78, 5) is 6.42. The van der Waals surface area contributed by atoms with Crippen molar-refractivity contribution in [3.05, 3.63) is 18.2 Å². The molecular formula is C12H24N4. The smallest absolute Gasteiger partial charge is 0.105 e. The maximum Gasteiger partial charge on any atom is 0.105 e. The van der Waals surface area contributed by atoms with E-state index in [2.05, 4.69) is 40.8 Å². The summed E-state index contributed by atoms with van der Waals surface area (Å²) in [6, 6.07) is 0.575. The molecule has 1 aromatic heterocycles. The Balaban J connectivity index is 2.13. The number of hydrogen-bond donors (Lipinski definition) is 1. The van der Waals surface area contributed by atoms with Gasteiger partial charge in [-0.3, -0.25) is 0 Å². The number of imidazole rings is 1. The predicted molar refractivity (Wildman–Crippen MR) is 67.6 cm³/mol. The fraction of sp³-hybridized carbons (Fsp3) is 0.750. The largest absolute Gasteiger partial charge is 0.334 e. The zero-order chi connectivity index (χ0) is 12.0. The van der Waals surface area contributed by atoms with Crippen LogP contribution in [0, 0.1) is 6.92 Å². The first-order valence-electron chi connectivity index (χ1n) is 5.95. The summed E-state index contributed by atoms with van der Waals surface area (Å²) >= 11 is 0. The molecule has 0 saturated carbocycles. The molecule has 0 saturated heterocycles. The molecule has 0 aliphatic heterocycles. The lowest BCUT2D eigenvalue weighted by Crippen LogP contribution is -2.32. The lowest BCUT2D eigenvalue weighted by Gasteiger charge is -2.17. The minimum atomic E-state index is 0.575. The van der Waals surface area contributed by atoms with Gasteiger partial charge in [-0.25, -0.2) is 4.98 Å². The molecule has 0 spiro atoms. The zero-order valence-corrected chi connectivity index (χ0v) is 10.9. The number of nitrogens with zero attached hydrogens (tertiary/aromatic N) is 3. The molecule has 0 aliphatic rings. The third-order valence-electron chi connectivity index (χ3n) is 2.78. The quantitative estimate of drug-likeness (QED) is 0.753. The van der Waals surface area contributed by atoms with Crippen LogP contribution in [0.2, 0.25) is 0 Å². The monoisotopic (exact) mass is 224 g/mol. The van der Waals surface area contributed by atoms with E-state index in [1.54, 1.807) is 0 Å². The molecule has 4 nitrogen and oxygen atoms in total. The van der Waals surface area contributed by atoms with Crippen LogP contribution in [0.3, 0.4) is 0 Å². The Hall–Kier alpha value is -0.870. The second-order valence-electron chi connectivity index (χ2n) is 4.61. The van der Waals surface area contributed by atoms with Gasteiger partial charge in [0.1, 0.15) is 5.82 Å². The van der Waals surface area contributed by atoms with Gasteiger partial charge in [0.05, 0.1) is 0 Å². The lowest BCUT2D eigenvalue weighted by molar-refractivity contribution is 0.364. The number of rotatable bonds is 7. The Labute approximate surface area is 98.7 Å². The highest BCUT2D eigenvalue weighted by atomic mass is 15.1. The van der Waals surface area contributed by atoms with Gasteiger partial charge in [0, 0.05) is 31.5 Å². The van der Waals surface area contributed by atoms with Gasteiger partial charge < -0.3 is 14.8 Å². The van der Waals surface area contributed by atoms with E-state index in [9.17, 15) is 0 Å². The topological polar surface area (TPSA) is 33.1 Å². The van der Waals surface area contributed by atoms with Crippen molar-refractivity contribution >= 4 is 0 Å². The van der Waals surface area contributed by atoms with Gasteiger partial charge in [0.15, 0.2) is 0 Å². The van der Waals surface area contributed by atoms with Crippen LogP contribution in [0.15, 0.2) is 12.4 Å². The molecule has 4 heteroatoms. The Kier molecular flexibility index (Phi) is 5.49. The van der Waals surface area contributed by atoms with E-state index in [-0.39, 0.29) is 0 Å². The van der Waals surface area contributed by atoms with Crippen molar-refractivity contribution in [1.82, 2.24) is 19.8 Å². The van der Waals surface area contributed by atoms with Gasteiger partial charge in [-0.05, 0) is 40.9 Å².